The van der Waals surface area contributed by atoms with E-state index in [9.17, 15) is 23.6 Å². The smallest absolute Gasteiger partial charge is 0.328 e. The third kappa shape index (κ3) is 5.01. The zero-order valence-electron chi connectivity index (χ0n) is 14.8. The van der Waals surface area contributed by atoms with E-state index in [0.29, 0.717) is 0 Å². The van der Waals surface area contributed by atoms with Crippen molar-refractivity contribution in [2.45, 2.75) is 13.0 Å². The Balaban J connectivity index is 3.15. The van der Waals surface area contributed by atoms with Crippen molar-refractivity contribution < 1.29 is 37.8 Å². The highest BCUT2D eigenvalue weighted by atomic mass is 19.1. The van der Waals surface area contributed by atoms with Crippen molar-refractivity contribution in [2.75, 3.05) is 21.3 Å². The second-order valence-corrected chi connectivity index (χ2v) is 5.37. The van der Waals surface area contributed by atoms with Gasteiger partial charge in [0.2, 0.25) is 0 Å². The lowest BCUT2D eigenvalue weighted by molar-refractivity contribution is -0.162. The Bertz CT molecular complexity index is 675. The number of rotatable bonds is 7. The van der Waals surface area contributed by atoms with Crippen molar-refractivity contribution >= 4 is 23.8 Å². The number of hydrogen-bond donors (Lipinski definition) is 1. The van der Waals surface area contributed by atoms with Gasteiger partial charge in [-0.25, -0.2) is 9.18 Å². The van der Waals surface area contributed by atoms with Crippen molar-refractivity contribution in [1.82, 2.24) is 5.32 Å². The van der Waals surface area contributed by atoms with E-state index in [2.05, 4.69) is 19.5 Å². The number of carbonyl (C=O) groups excluding carboxylic acids is 4. The second kappa shape index (κ2) is 9.50. The maximum Gasteiger partial charge on any atom is 0.328 e. The summed E-state index contributed by atoms with van der Waals surface area (Å²) in [6, 6.07) is 3.43. The molecular weight excluding hydrogens is 349 g/mol. The van der Waals surface area contributed by atoms with Gasteiger partial charge in [-0.05, 0) is 18.2 Å². The Hall–Kier alpha value is -2.97. The summed E-state index contributed by atoms with van der Waals surface area (Å²) in [6.45, 7) is 1.38. The number of nitrogens with one attached hydrogen (secondary N) is 1. The average Bonchev–Trinajstić information content (AvgIpc) is 2.64. The molecule has 1 rings (SSSR count). The van der Waals surface area contributed by atoms with E-state index in [4.69, 9.17) is 0 Å². The molecule has 0 unspecified atom stereocenters. The van der Waals surface area contributed by atoms with Crippen molar-refractivity contribution in [3.05, 3.63) is 35.6 Å². The lowest BCUT2D eigenvalue weighted by atomic mass is 9.87. The zero-order valence-corrected chi connectivity index (χ0v) is 14.8. The number of hydrogen-bond acceptors (Lipinski definition) is 7. The summed E-state index contributed by atoms with van der Waals surface area (Å²) in [7, 11) is 3.23. The molecule has 1 N–H and O–H groups in total. The van der Waals surface area contributed by atoms with E-state index >= 15 is 0 Å². The molecule has 2 atom stereocenters. The molecule has 142 valence electrons. The number of benzene rings is 1. The van der Waals surface area contributed by atoms with Crippen molar-refractivity contribution in [2.24, 2.45) is 11.8 Å². The standard InChI is InChI=1S/C17H20FNO7/c1-9(12(15(21)24-2)16(22)25-3)13(17(23)26-4)19-14(20)10-6-5-7-11(18)8-10/h5-9,12-13H,1-4H3,(H,19,20)/t9-,13-/m0/s1. The van der Waals surface area contributed by atoms with Gasteiger partial charge in [-0.3, -0.25) is 14.4 Å². The second-order valence-electron chi connectivity index (χ2n) is 5.37. The molecule has 1 aromatic rings. The predicted molar refractivity (Wildman–Crippen MR) is 86.4 cm³/mol. The van der Waals surface area contributed by atoms with Crippen molar-refractivity contribution in [3.8, 4) is 0 Å². The topological polar surface area (TPSA) is 108 Å². The maximum absolute atomic E-state index is 13.3. The van der Waals surface area contributed by atoms with Crippen LogP contribution < -0.4 is 5.32 Å². The quantitative estimate of drug-likeness (QED) is 0.428. The molecule has 0 fully saturated rings. The van der Waals surface area contributed by atoms with Crippen LogP contribution in [-0.4, -0.2) is 51.2 Å². The van der Waals surface area contributed by atoms with E-state index in [1.54, 1.807) is 0 Å². The predicted octanol–water partition coefficient (Wildman–Crippen LogP) is 0.695. The minimum atomic E-state index is -1.47. The largest absolute Gasteiger partial charge is 0.468 e. The first-order valence-electron chi connectivity index (χ1n) is 7.56. The average molecular weight is 369 g/mol. The number of carbonyl (C=O) groups is 4. The van der Waals surface area contributed by atoms with Gasteiger partial charge >= 0.3 is 17.9 Å². The molecular formula is C17H20FNO7. The van der Waals surface area contributed by atoms with Crippen LogP contribution in [0.3, 0.4) is 0 Å². The molecule has 0 saturated carbocycles. The van der Waals surface area contributed by atoms with E-state index in [0.717, 1.165) is 33.5 Å². The van der Waals surface area contributed by atoms with Gasteiger partial charge in [0.25, 0.3) is 5.91 Å². The SMILES string of the molecule is COC(=O)C(C(=O)OC)[C@H](C)[C@H](NC(=O)c1cccc(F)c1)C(=O)OC. The van der Waals surface area contributed by atoms with Crippen LogP contribution in [0.4, 0.5) is 4.39 Å². The van der Waals surface area contributed by atoms with Crippen LogP contribution in [-0.2, 0) is 28.6 Å². The molecule has 0 saturated heterocycles. The Morgan fingerprint density at radius 1 is 0.962 bits per heavy atom. The lowest BCUT2D eigenvalue weighted by Gasteiger charge is -2.27. The molecule has 0 aliphatic rings. The van der Waals surface area contributed by atoms with Crippen LogP contribution in [0.5, 0.6) is 0 Å². The fourth-order valence-corrected chi connectivity index (χ4v) is 2.36. The van der Waals surface area contributed by atoms with Gasteiger partial charge in [0.15, 0.2) is 5.92 Å². The molecule has 8 nitrogen and oxygen atoms in total. The van der Waals surface area contributed by atoms with Crippen LogP contribution in [0, 0.1) is 17.7 Å². The summed E-state index contributed by atoms with van der Waals surface area (Å²) in [5, 5.41) is 2.35. The van der Waals surface area contributed by atoms with Gasteiger partial charge < -0.3 is 19.5 Å². The number of methoxy groups -OCH3 is 3. The van der Waals surface area contributed by atoms with Crippen LogP contribution in [0.2, 0.25) is 0 Å². The molecule has 9 heteroatoms. The number of esters is 3. The summed E-state index contributed by atoms with van der Waals surface area (Å²) in [5.74, 6) is -6.69. The molecule has 0 radical (unpaired) electrons. The van der Waals surface area contributed by atoms with E-state index in [1.807, 2.05) is 0 Å². The van der Waals surface area contributed by atoms with Crippen LogP contribution in [0.1, 0.15) is 17.3 Å². The summed E-state index contributed by atoms with van der Waals surface area (Å²) in [6.07, 6.45) is 0. The highest BCUT2D eigenvalue weighted by Gasteiger charge is 2.42. The molecule has 0 bridgehead atoms. The van der Waals surface area contributed by atoms with E-state index in [1.165, 1.54) is 19.1 Å². The van der Waals surface area contributed by atoms with Crippen LogP contribution in [0.15, 0.2) is 24.3 Å². The van der Waals surface area contributed by atoms with Crippen LogP contribution >= 0.6 is 0 Å². The first kappa shape index (κ1) is 21.1. The zero-order chi connectivity index (χ0) is 19.9. The number of amides is 1. The fraction of sp³-hybridized carbons (Fsp3) is 0.412. The summed E-state index contributed by atoms with van der Waals surface area (Å²) in [5.41, 5.74) is -0.0428. The minimum absolute atomic E-state index is 0.0428. The van der Waals surface area contributed by atoms with Crippen molar-refractivity contribution in [1.29, 1.82) is 0 Å². The van der Waals surface area contributed by atoms with Gasteiger partial charge in [-0.2, -0.15) is 0 Å². The van der Waals surface area contributed by atoms with Gasteiger partial charge in [-0.15, -0.1) is 0 Å². The van der Waals surface area contributed by atoms with Gasteiger partial charge in [-0.1, -0.05) is 13.0 Å². The molecule has 1 amide bonds. The number of ether oxygens (including phenoxy) is 3. The van der Waals surface area contributed by atoms with Crippen LogP contribution in [0.25, 0.3) is 0 Å². The molecule has 0 spiro atoms. The Labute approximate surface area is 149 Å². The molecule has 26 heavy (non-hydrogen) atoms. The third-order valence-electron chi connectivity index (χ3n) is 3.79. The van der Waals surface area contributed by atoms with Crippen molar-refractivity contribution in [3.63, 3.8) is 0 Å². The lowest BCUT2D eigenvalue weighted by Crippen LogP contribution is -2.51. The van der Waals surface area contributed by atoms with E-state index < -0.39 is 47.5 Å². The van der Waals surface area contributed by atoms with Gasteiger partial charge in [0.1, 0.15) is 11.9 Å². The summed E-state index contributed by atoms with van der Waals surface area (Å²) >= 11 is 0. The first-order valence-corrected chi connectivity index (χ1v) is 7.56. The van der Waals surface area contributed by atoms with Gasteiger partial charge in [0, 0.05) is 11.5 Å². The normalized spacial score (nSPS) is 12.7. The fourth-order valence-electron chi connectivity index (χ4n) is 2.36. The molecule has 1 aromatic carbocycles. The van der Waals surface area contributed by atoms with Gasteiger partial charge in [0.05, 0.1) is 21.3 Å². The highest BCUT2D eigenvalue weighted by Crippen LogP contribution is 2.21. The van der Waals surface area contributed by atoms with E-state index in [-0.39, 0.29) is 5.56 Å². The first-order chi connectivity index (χ1) is 12.3. The Morgan fingerprint density at radius 3 is 1.96 bits per heavy atom. The third-order valence-corrected chi connectivity index (χ3v) is 3.79. The maximum atomic E-state index is 13.3. The Kier molecular flexibility index (Phi) is 7.70. The number of halogens is 1. The minimum Gasteiger partial charge on any atom is -0.468 e. The summed E-state index contributed by atoms with van der Waals surface area (Å²) < 4.78 is 27.1. The molecule has 0 aliphatic heterocycles. The highest BCUT2D eigenvalue weighted by molar-refractivity contribution is 5.99. The summed E-state index contributed by atoms with van der Waals surface area (Å²) in [4.78, 5) is 48.3. The molecule has 0 aromatic heterocycles. The monoisotopic (exact) mass is 369 g/mol. The Morgan fingerprint density at radius 2 is 1.50 bits per heavy atom. The molecule has 0 aliphatic carbocycles. The molecule has 0 heterocycles.